The fourth-order valence-corrected chi connectivity index (χ4v) is 4.42. The Kier molecular flexibility index (Phi) is 6.90. The lowest BCUT2D eigenvalue weighted by Gasteiger charge is -2.09. The first kappa shape index (κ1) is 19.5. The summed E-state index contributed by atoms with van der Waals surface area (Å²) >= 11 is 3.38. The van der Waals surface area contributed by atoms with Gasteiger partial charge < -0.3 is 10.1 Å². The van der Waals surface area contributed by atoms with Crippen LogP contribution in [0.4, 0.5) is 0 Å². The van der Waals surface area contributed by atoms with E-state index in [-0.39, 0.29) is 5.91 Å². The summed E-state index contributed by atoms with van der Waals surface area (Å²) < 4.78 is 6.41. The quantitative estimate of drug-likeness (QED) is 0.558. The monoisotopic (exact) mass is 398 g/mol. The molecule has 3 aromatic rings. The maximum atomic E-state index is 12.3. The second-order valence-corrected chi connectivity index (χ2v) is 8.14. The maximum absolute atomic E-state index is 12.3. The van der Waals surface area contributed by atoms with Crippen molar-refractivity contribution in [2.75, 3.05) is 13.7 Å². The first-order chi connectivity index (χ1) is 13.2. The lowest BCUT2D eigenvalue weighted by atomic mass is 10.1. The number of nitrogens with zero attached hydrogens (tertiary/aromatic N) is 1. The summed E-state index contributed by atoms with van der Waals surface area (Å²) in [5, 5.41) is 5.03. The summed E-state index contributed by atoms with van der Waals surface area (Å²) in [6.45, 7) is 2.57. The van der Waals surface area contributed by atoms with E-state index in [0.29, 0.717) is 12.1 Å². The van der Waals surface area contributed by atoms with E-state index < -0.39 is 0 Å². The molecule has 0 atom stereocenters. The van der Waals surface area contributed by atoms with Crippen LogP contribution in [0.25, 0.3) is 0 Å². The van der Waals surface area contributed by atoms with Crippen molar-refractivity contribution >= 4 is 29.0 Å². The van der Waals surface area contributed by atoms with E-state index in [1.807, 2.05) is 55.5 Å². The molecule has 0 saturated heterocycles. The average Bonchev–Trinajstić information content (AvgIpc) is 3.12. The van der Waals surface area contributed by atoms with E-state index >= 15 is 0 Å². The summed E-state index contributed by atoms with van der Waals surface area (Å²) in [6, 6.07) is 15.6. The SMILES string of the molecule is COc1ccccc1CCNC(=O)c1ccc(CSc2nc(C)cs2)cc1. The van der Waals surface area contributed by atoms with Crippen molar-refractivity contribution in [2.45, 2.75) is 23.4 Å². The molecule has 140 valence electrons. The Morgan fingerprint density at radius 2 is 1.96 bits per heavy atom. The third-order valence-corrected chi connectivity index (χ3v) is 6.26. The molecule has 0 aliphatic carbocycles. The molecule has 2 aromatic carbocycles. The van der Waals surface area contributed by atoms with Gasteiger partial charge in [-0.3, -0.25) is 4.79 Å². The van der Waals surface area contributed by atoms with E-state index in [2.05, 4.69) is 15.7 Å². The van der Waals surface area contributed by atoms with Gasteiger partial charge in [0.15, 0.2) is 0 Å². The van der Waals surface area contributed by atoms with E-state index in [9.17, 15) is 4.79 Å². The zero-order valence-corrected chi connectivity index (χ0v) is 17.0. The highest BCUT2D eigenvalue weighted by Gasteiger charge is 2.07. The summed E-state index contributed by atoms with van der Waals surface area (Å²) in [5.41, 5.74) is 4.00. The van der Waals surface area contributed by atoms with Crippen LogP contribution in [0.15, 0.2) is 58.3 Å². The number of hydrogen-bond donors (Lipinski definition) is 1. The van der Waals surface area contributed by atoms with Crippen LogP contribution in [0.3, 0.4) is 0 Å². The smallest absolute Gasteiger partial charge is 0.251 e. The minimum Gasteiger partial charge on any atom is -0.496 e. The first-order valence-corrected chi connectivity index (χ1v) is 10.6. The molecule has 1 N–H and O–H groups in total. The number of amides is 1. The average molecular weight is 399 g/mol. The summed E-state index contributed by atoms with van der Waals surface area (Å²) in [6.07, 6.45) is 0.734. The number of para-hydroxylation sites is 1. The van der Waals surface area contributed by atoms with Gasteiger partial charge in [-0.05, 0) is 42.7 Å². The second-order valence-electron chi connectivity index (χ2n) is 6.06. The molecule has 0 unspecified atom stereocenters. The van der Waals surface area contributed by atoms with Crippen molar-refractivity contribution in [1.82, 2.24) is 10.3 Å². The number of thiazole rings is 1. The number of thioether (sulfide) groups is 1. The number of ether oxygens (including phenoxy) is 1. The van der Waals surface area contributed by atoms with Gasteiger partial charge in [-0.1, -0.05) is 42.1 Å². The molecule has 0 bridgehead atoms. The molecule has 1 amide bonds. The van der Waals surface area contributed by atoms with Crippen molar-refractivity contribution in [2.24, 2.45) is 0 Å². The third-order valence-electron chi connectivity index (χ3n) is 4.05. The Morgan fingerprint density at radius 1 is 1.19 bits per heavy atom. The molecular formula is C21H22N2O2S2. The Hall–Kier alpha value is -2.31. The molecule has 1 aromatic heterocycles. The van der Waals surface area contributed by atoms with Gasteiger partial charge in [-0.25, -0.2) is 4.98 Å². The number of aromatic nitrogens is 1. The van der Waals surface area contributed by atoms with Gasteiger partial charge in [0, 0.05) is 28.9 Å². The summed E-state index contributed by atoms with van der Waals surface area (Å²) in [5.74, 6) is 1.64. The molecule has 0 aliphatic rings. The Balaban J connectivity index is 1.48. The number of carbonyl (C=O) groups is 1. The summed E-state index contributed by atoms with van der Waals surface area (Å²) in [4.78, 5) is 16.8. The number of benzene rings is 2. The van der Waals surface area contributed by atoms with Gasteiger partial charge in [0.1, 0.15) is 10.1 Å². The van der Waals surface area contributed by atoms with Gasteiger partial charge in [-0.2, -0.15) is 0 Å². The van der Waals surface area contributed by atoms with Gasteiger partial charge >= 0.3 is 0 Å². The Labute approximate surface area is 168 Å². The number of aryl methyl sites for hydroxylation is 1. The largest absolute Gasteiger partial charge is 0.496 e. The number of rotatable bonds is 8. The minimum absolute atomic E-state index is 0.0559. The fraction of sp³-hybridized carbons (Fsp3) is 0.238. The molecule has 0 radical (unpaired) electrons. The lowest BCUT2D eigenvalue weighted by Crippen LogP contribution is -2.25. The topological polar surface area (TPSA) is 51.2 Å². The predicted octanol–water partition coefficient (Wildman–Crippen LogP) is 4.72. The van der Waals surface area contributed by atoms with Crippen molar-refractivity contribution in [3.05, 3.63) is 76.3 Å². The van der Waals surface area contributed by atoms with Crippen LogP contribution in [-0.2, 0) is 12.2 Å². The zero-order valence-electron chi connectivity index (χ0n) is 15.4. The number of carbonyl (C=O) groups excluding carboxylic acids is 1. The number of methoxy groups -OCH3 is 1. The molecular weight excluding hydrogens is 376 g/mol. The van der Waals surface area contributed by atoms with Crippen LogP contribution in [0.1, 0.15) is 27.2 Å². The second kappa shape index (κ2) is 9.58. The number of nitrogens with one attached hydrogen (secondary N) is 1. The van der Waals surface area contributed by atoms with E-state index in [1.54, 1.807) is 30.2 Å². The molecule has 0 saturated carbocycles. The molecule has 6 heteroatoms. The van der Waals surface area contributed by atoms with Crippen molar-refractivity contribution in [3.63, 3.8) is 0 Å². The standard InChI is InChI=1S/C21H22N2O2S2/c1-15-13-26-21(23-15)27-14-16-7-9-18(10-8-16)20(24)22-12-11-17-5-3-4-6-19(17)25-2/h3-10,13H,11-12,14H2,1-2H3,(H,22,24). The third kappa shape index (κ3) is 5.58. The predicted molar refractivity (Wildman–Crippen MR) is 112 cm³/mol. The highest BCUT2D eigenvalue weighted by molar-refractivity contribution is 8.00. The van der Waals surface area contributed by atoms with E-state index in [4.69, 9.17) is 4.74 Å². The van der Waals surface area contributed by atoms with Crippen molar-refractivity contribution < 1.29 is 9.53 Å². The van der Waals surface area contributed by atoms with Gasteiger partial charge in [0.05, 0.1) is 7.11 Å². The maximum Gasteiger partial charge on any atom is 0.251 e. The fourth-order valence-electron chi connectivity index (χ4n) is 2.62. The van der Waals surface area contributed by atoms with Gasteiger partial charge in [-0.15, -0.1) is 11.3 Å². The molecule has 4 nitrogen and oxygen atoms in total. The molecule has 27 heavy (non-hydrogen) atoms. The van der Waals surface area contributed by atoms with Crippen LogP contribution in [0, 0.1) is 6.92 Å². The molecule has 0 spiro atoms. The van der Waals surface area contributed by atoms with Crippen LogP contribution in [-0.4, -0.2) is 24.5 Å². The zero-order chi connectivity index (χ0) is 19.1. The lowest BCUT2D eigenvalue weighted by molar-refractivity contribution is 0.0954. The van der Waals surface area contributed by atoms with Crippen molar-refractivity contribution in [3.8, 4) is 5.75 Å². The highest BCUT2D eigenvalue weighted by atomic mass is 32.2. The van der Waals surface area contributed by atoms with Crippen LogP contribution < -0.4 is 10.1 Å². The van der Waals surface area contributed by atoms with Gasteiger partial charge in [0.2, 0.25) is 0 Å². The van der Waals surface area contributed by atoms with Crippen LogP contribution >= 0.6 is 23.1 Å². The Morgan fingerprint density at radius 3 is 2.67 bits per heavy atom. The normalized spacial score (nSPS) is 10.6. The van der Waals surface area contributed by atoms with E-state index in [1.165, 1.54) is 5.56 Å². The van der Waals surface area contributed by atoms with Gasteiger partial charge in [0.25, 0.3) is 5.91 Å². The first-order valence-electron chi connectivity index (χ1n) is 8.69. The molecule has 0 aliphatic heterocycles. The Bertz CT molecular complexity index is 891. The van der Waals surface area contributed by atoms with Crippen LogP contribution in [0.5, 0.6) is 5.75 Å². The van der Waals surface area contributed by atoms with Crippen molar-refractivity contribution in [1.29, 1.82) is 0 Å². The molecule has 3 rings (SSSR count). The highest BCUT2D eigenvalue weighted by Crippen LogP contribution is 2.26. The molecule has 1 heterocycles. The van der Waals surface area contributed by atoms with E-state index in [0.717, 1.165) is 33.5 Å². The molecule has 0 fully saturated rings. The van der Waals surface area contributed by atoms with Crippen LogP contribution in [0.2, 0.25) is 0 Å². The minimum atomic E-state index is -0.0559. The summed E-state index contributed by atoms with van der Waals surface area (Å²) in [7, 11) is 1.66. The number of hydrogen-bond acceptors (Lipinski definition) is 5.